The van der Waals surface area contributed by atoms with E-state index in [1.165, 1.54) is 17.8 Å². The number of thioether (sulfide) groups is 1. The van der Waals surface area contributed by atoms with Crippen molar-refractivity contribution in [3.8, 4) is 0 Å². The number of amidine groups is 1. The zero-order chi connectivity index (χ0) is 25.2. The van der Waals surface area contributed by atoms with Crippen LogP contribution in [0.3, 0.4) is 0 Å². The summed E-state index contributed by atoms with van der Waals surface area (Å²) in [5.41, 5.74) is 4.46. The maximum Gasteiger partial charge on any atom is 0.271 e. The van der Waals surface area contributed by atoms with Crippen LogP contribution in [0.4, 0.5) is 15.8 Å². The van der Waals surface area contributed by atoms with E-state index < -0.39 is 0 Å². The highest BCUT2D eigenvalue weighted by molar-refractivity contribution is 8.19. The Labute approximate surface area is 218 Å². The molecule has 1 aromatic heterocycles. The number of anilines is 1. The summed E-state index contributed by atoms with van der Waals surface area (Å²) in [6.45, 7) is 0.585. The van der Waals surface area contributed by atoms with Gasteiger partial charge in [-0.25, -0.2) is 9.38 Å². The second-order valence-corrected chi connectivity index (χ2v) is 9.72. The zero-order valence-corrected chi connectivity index (χ0v) is 20.6. The SMILES string of the molecule is O=C1/C(=C\c2ccc3c(ccn3Cc3cccc(F)c3)c2)SC(=Nc2ccccc2)N1c1ccccc1. The molecule has 0 radical (unpaired) electrons. The van der Waals surface area contributed by atoms with Gasteiger partial charge in [-0.3, -0.25) is 9.69 Å². The number of amides is 1. The molecule has 1 amide bonds. The van der Waals surface area contributed by atoms with Crippen LogP contribution in [0.1, 0.15) is 11.1 Å². The van der Waals surface area contributed by atoms with E-state index in [9.17, 15) is 9.18 Å². The summed E-state index contributed by atoms with van der Waals surface area (Å²) in [4.78, 5) is 20.6. The van der Waals surface area contributed by atoms with Gasteiger partial charge >= 0.3 is 0 Å². The Morgan fingerprint density at radius 3 is 2.41 bits per heavy atom. The number of para-hydroxylation sites is 2. The maximum absolute atomic E-state index is 13.6. The average molecular weight is 504 g/mol. The van der Waals surface area contributed by atoms with E-state index in [2.05, 4.69) is 10.6 Å². The molecule has 6 heteroatoms. The third kappa shape index (κ3) is 4.84. The maximum atomic E-state index is 13.6. The van der Waals surface area contributed by atoms with Crippen LogP contribution < -0.4 is 4.90 Å². The summed E-state index contributed by atoms with van der Waals surface area (Å²) in [6.07, 6.45) is 3.92. The van der Waals surface area contributed by atoms with Gasteiger partial charge in [0.05, 0.1) is 16.3 Å². The lowest BCUT2D eigenvalue weighted by Crippen LogP contribution is -2.28. The van der Waals surface area contributed by atoms with Crippen molar-refractivity contribution >= 4 is 51.2 Å². The minimum atomic E-state index is -0.235. The fraction of sp³-hybridized carbons (Fsp3) is 0.0323. The molecule has 1 saturated heterocycles. The third-order valence-corrected chi connectivity index (χ3v) is 7.11. The number of nitrogens with zero attached hydrogens (tertiary/aromatic N) is 3. The predicted octanol–water partition coefficient (Wildman–Crippen LogP) is 7.64. The highest BCUT2D eigenvalue weighted by atomic mass is 32.2. The minimum absolute atomic E-state index is 0.102. The van der Waals surface area contributed by atoms with Gasteiger partial charge in [0.2, 0.25) is 0 Å². The van der Waals surface area contributed by atoms with Crippen LogP contribution in [-0.2, 0) is 11.3 Å². The minimum Gasteiger partial charge on any atom is -0.343 e. The summed E-state index contributed by atoms with van der Waals surface area (Å²) in [6, 6.07) is 34.0. The Balaban J connectivity index is 1.33. The van der Waals surface area contributed by atoms with Crippen molar-refractivity contribution in [1.29, 1.82) is 0 Å². The largest absolute Gasteiger partial charge is 0.343 e. The van der Waals surface area contributed by atoms with E-state index in [0.29, 0.717) is 16.6 Å². The van der Waals surface area contributed by atoms with Gasteiger partial charge in [-0.2, -0.15) is 0 Å². The smallest absolute Gasteiger partial charge is 0.271 e. The number of fused-ring (bicyclic) bond motifs is 1. The average Bonchev–Trinajstić information content (AvgIpc) is 3.45. The van der Waals surface area contributed by atoms with E-state index in [1.54, 1.807) is 17.0 Å². The third-order valence-electron chi connectivity index (χ3n) is 6.14. The van der Waals surface area contributed by atoms with Crippen LogP contribution in [0.5, 0.6) is 0 Å². The molecule has 4 nitrogen and oxygen atoms in total. The molecule has 5 aromatic rings. The quantitative estimate of drug-likeness (QED) is 0.231. The van der Waals surface area contributed by atoms with Crippen molar-refractivity contribution in [2.45, 2.75) is 6.54 Å². The van der Waals surface area contributed by atoms with Gasteiger partial charge < -0.3 is 4.57 Å². The van der Waals surface area contributed by atoms with Crippen molar-refractivity contribution in [3.63, 3.8) is 0 Å². The number of carbonyl (C=O) groups excluding carboxylic acids is 1. The highest BCUT2D eigenvalue weighted by Gasteiger charge is 2.34. The van der Waals surface area contributed by atoms with Gasteiger partial charge in [0.15, 0.2) is 5.17 Å². The second-order valence-electron chi connectivity index (χ2n) is 8.71. The van der Waals surface area contributed by atoms with Crippen molar-refractivity contribution in [2.75, 3.05) is 4.90 Å². The molecular weight excluding hydrogens is 481 g/mol. The Morgan fingerprint density at radius 2 is 1.62 bits per heavy atom. The highest BCUT2D eigenvalue weighted by Crippen LogP contribution is 2.37. The number of halogens is 1. The Bertz CT molecular complexity index is 1660. The van der Waals surface area contributed by atoms with Crippen LogP contribution >= 0.6 is 11.8 Å². The number of aliphatic imine (C=N–C) groups is 1. The first-order valence-corrected chi connectivity index (χ1v) is 12.7. The number of carbonyl (C=O) groups is 1. The van der Waals surface area contributed by atoms with E-state index in [-0.39, 0.29) is 11.7 Å². The van der Waals surface area contributed by atoms with Crippen molar-refractivity contribution in [3.05, 3.63) is 137 Å². The summed E-state index contributed by atoms with van der Waals surface area (Å²) in [7, 11) is 0. The number of rotatable bonds is 5. The molecule has 0 saturated carbocycles. The lowest BCUT2D eigenvalue weighted by molar-refractivity contribution is -0.113. The number of benzene rings is 4. The predicted molar refractivity (Wildman–Crippen MR) is 150 cm³/mol. The van der Waals surface area contributed by atoms with Crippen molar-refractivity contribution in [2.24, 2.45) is 4.99 Å². The molecule has 0 spiro atoms. The molecule has 0 aliphatic carbocycles. The van der Waals surface area contributed by atoms with Crippen LogP contribution in [0.15, 0.2) is 125 Å². The Kier molecular flexibility index (Phi) is 6.16. The van der Waals surface area contributed by atoms with Gasteiger partial charge in [0.25, 0.3) is 5.91 Å². The van der Waals surface area contributed by atoms with Crippen LogP contribution in [0, 0.1) is 5.82 Å². The molecule has 0 unspecified atom stereocenters. The summed E-state index contributed by atoms with van der Waals surface area (Å²) in [5.74, 6) is -0.337. The number of aromatic nitrogens is 1. The Morgan fingerprint density at radius 1 is 0.838 bits per heavy atom. The van der Waals surface area contributed by atoms with E-state index in [1.807, 2.05) is 97.2 Å². The summed E-state index contributed by atoms with van der Waals surface area (Å²) >= 11 is 1.37. The zero-order valence-electron chi connectivity index (χ0n) is 19.8. The topological polar surface area (TPSA) is 37.6 Å². The van der Waals surface area contributed by atoms with Gasteiger partial charge in [0, 0.05) is 23.6 Å². The van der Waals surface area contributed by atoms with Gasteiger partial charge in [-0.1, -0.05) is 54.6 Å². The van der Waals surface area contributed by atoms with Crippen molar-refractivity contribution < 1.29 is 9.18 Å². The molecule has 1 aliphatic rings. The second kappa shape index (κ2) is 9.91. The molecule has 180 valence electrons. The first-order chi connectivity index (χ1) is 18.1. The summed E-state index contributed by atoms with van der Waals surface area (Å²) in [5, 5.41) is 1.68. The fourth-order valence-electron chi connectivity index (χ4n) is 4.40. The molecular formula is C31H22FN3OS. The van der Waals surface area contributed by atoms with E-state index in [4.69, 9.17) is 4.99 Å². The molecule has 37 heavy (non-hydrogen) atoms. The monoisotopic (exact) mass is 503 g/mol. The summed E-state index contributed by atoms with van der Waals surface area (Å²) < 4.78 is 15.7. The number of hydrogen-bond acceptors (Lipinski definition) is 3. The molecule has 1 fully saturated rings. The molecule has 0 bridgehead atoms. The van der Waals surface area contributed by atoms with Crippen molar-refractivity contribution in [1.82, 2.24) is 4.57 Å². The first kappa shape index (κ1) is 23.0. The van der Waals surface area contributed by atoms with Crippen LogP contribution in [-0.4, -0.2) is 15.6 Å². The van der Waals surface area contributed by atoms with Gasteiger partial charge in [-0.15, -0.1) is 0 Å². The van der Waals surface area contributed by atoms with Gasteiger partial charge in [-0.05, 0) is 83.6 Å². The van der Waals surface area contributed by atoms with Gasteiger partial charge in [0.1, 0.15) is 5.82 Å². The molecule has 0 N–H and O–H groups in total. The first-order valence-electron chi connectivity index (χ1n) is 11.9. The molecule has 6 rings (SSSR count). The Hall–Kier alpha value is -4.42. The van der Waals surface area contributed by atoms with Crippen LogP contribution in [0.25, 0.3) is 17.0 Å². The van der Waals surface area contributed by atoms with E-state index >= 15 is 0 Å². The molecule has 1 aliphatic heterocycles. The molecule has 4 aromatic carbocycles. The van der Waals surface area contributed by atoms with Crippen LogP contribution in [0.2, 0.25) is 0 Å². The van der Waals surface area contributed by atoms with E-state index in [0.717, 1.165) is 33.4 Å². The molecule has 0 atom stereocenters. The molecule has 2 heterocycles. The number of hydrogen-bond donors (Lipinski definition) is 0. The standard InChI is InChI=1S/C31H22FN3OS/c32-25-9-7-8-23(19-25)21-34-17-16-24-18-22(14-15-28(24)34)20-29-30(36)35(27-12-5-2-6-13-27)31(37-29)33-26-10-3-1-4-11-26/h1-20H,21H2/b29-20+,33-31?. The lowest BCUT2D eigenvalue weighted by Gasteiger charge is -2.15. The fourth-order valence-corrected chi connectivity index (χ4v) is 5.40. The lowest BCUT2D eigenvalue weighted by atomic mass is 10.1. The normalized spacial score (nSPS) is 15.8.